The van der Waals surface area contributed by atoms with Crippen molar-refractivity contribution in [2.75, 3.05) is 7.11 Å². The number of alkyl halides is 1. The van der Waals surface area contributed by atoms with Crippen molar-refractivity contribution >= 4 is 34.5 Å². The van der Waals surface area contributed by atoms with Crippen LogP contribution in [0.3, 0.4) is 0 Å². The van der Waals surface area contributed by atoms with E-state index >= 15 is 0 Å². The summed E-state index contributed by atoms with van der Waals surface area (Å²) in [5.74, 6) is -0.208. The van der Waals surface area contributed by atoms with E-state index in [1.54, 1.807) is 18.2 Å². The van der Waals surface area contributed by atoms with Gasteiger partial charge in [-0.05, 0) is 29.8 Å². The third-order valence-electron chi connectivity index (χ3n) is 2.31. The first kappa shape index (κ1) is 12.7. The lowest BCUT2D eigenvalue weighted by Crippen LogP contribution is -1.94. The van der Waals surface area contributed by atoms with Crippen LogP contribution in [0.4, 0.5) is 4.39 Å². The van der Waals surface area contributed by atoms with Gasteiger partial charge in [0.25, 0.3) is 0 Å². The highest BCUT2D eigenvalue weighted by Gasteiger charge is 2.15. The normalized spacial score (nSPS) is 12.5. The fraction of sp³-hybridized carbons (Fsp3) is 0.167. The molecule has 5 heteroatoms. The summed E-state index contributed by atoms with van der Waals surface area (Å²) < 4.78 is 19.0. The van der Waals surface area contributed by atoms with E-state index < -0.39 is 11.2 Å². The van der Waals surface area contributed by atoms with Gasteiger partial charge in [-0.3, -0.25) is 0 Å². The zero-order valence-corrected chi connectivity index (χ0v) is 11.2. The molecule has 0 aliphatic heterocycles. The van der Waals surface area contributed by atoms with Crippen LogP contribution in [-0.4, -0.2) is 7.11 Å². The molecule has 17 heavy (non-hydrogen) atoms. The maximum Gasteiger partial charge on any atom is 0.165 e. The van der Waals surface area contributed by atoms with E-state index in [0.29, 0.717) is 9.90 Å². The van der Waals surface area contributed by atoms with E-state index in [2.05, 4.69) is 0 Å². The standard InChI is InChI=1S/C12H9Cl2FOS/c1-16-9-3-2-7(6-8(9)15)12(14)10-4-5-11(13)17-10/h2-6,12H,1H3. The number of rotatable bonds is 3. The summed E-state index contributed by atoms with van der Waals surface area (Å²) in [6.07, 6.45) is 0. The van der Waals surface area contributed by atoms with Gasteiger partial charge in [-0.1, -0.05) is 17.7 Å². The smallest absolute Gasteiger partial charge is 0.165 e. The lowest BCUT2D eigenvalue weighted by atomic mass is 10.1. The minimum absolute atomic E-state index is 0.210. The predicted molar refractivity (Wildman–Crippen MR) is 70.0 cm³/mol. The van der Waals surface area contributed by atoms with Crippen molar-refractivity contribution in [1.82, 2.24) is 0 Å². The summed E-state index contributed by atoms with van der Waals surface area (Å²) in [6, 6.07) is 8.30. The Kier molecular flexibility index (Phi) is 3.92. The molecule has 0 aliphatic carbocycles. The Morgan fingerprint density at radius 1 is 1.29 bits per heavy atom. The van der Waals surface area contributed by atoms with Gasteiger partial charge in [-0.2, -0.15) is 0 Å². The molecule has 2 aromatic rings. The summed E-state index contributed by atoms with van der Waals surface area (Å²) >= 11 is 13.5. The number of thiophene rings is 1. The zero-order valence-electron chi connectivity index (χ0n) is 8.91. The molecule has 0 fully saturated rings. The third-order valence-corrected chi connectivity index (χ3v) is 4.22. The second kappa shape index (κ2) is 5.25. The molecule has 1 unspecified atom stereocenters. The van der Waals surface area contributed by atoms with Crippen LogP contribution in [-0.2, 0) is 0 Å². The van der Waals surface area contributed by atoms with E-state index in [9.17, 15) is 4.39 Å². The summed E-state index contributed by atoms with van der Waals surface area (Å²) in [5.41, 5.74) is 0.684. The molecule has 0 spiro atoms. The molecule has 0 saturated heterocycles. The Hall–Kier alpha value is -0.770. The Morgan fingerprint density at radius 2 is 2.06 bits per heavy atom. The van der Waals surface area contributed by atoms with Crippen molar-refractivity contribution in [2.45, 2.75) is 5.38 Å². The molecule has 1 atom stereocenters. The minimum atomic E-state index is -0.418. The first-order chi connectivity index (χ1) is 8.11. The van der Waals surface area contributed by atoms with Crippen LogP contribution in [0.5, 0.6) is 5.75 Å². The van der Waals surface area contributed by atoms with Crippen molar-refractivity contribution in [2.24, 2.45) is 0 Å². The van der Waals surface area contributed by atoms with Gasteiger partial charge in [0.1, 0.15) is 0 Å². The van der Waals surface area contributed by atoms with E-state index in [-0.39, 0.29) is 5.75 Å². The zero-order chi connectivity index (χ0) is 12.4. The van der Waals surface area contributed by atoms with Gasteiger partial charge >= 0.3 is 0 Å². The molecule has 2 rings (SSSR count). The van der Waals surface area contributed by atoms with Crippen molar-refractivity contribution in [1.29, 1.82) is 0 Å². The Labute approximate surface area is 113 Å². The minimum Gasteiger partial charge on any atom is -0.494 e. The second-order valence-corrected chi connectivity index (χ2v) is 5.58. The highest BCUT2D eigenvalue weighted by molar-refractivity contribution is 7.16. The van der Waals surface area contributed by atoms with Crippen molar-refractivity contribution < 1.29 is 9.13 Å². The van der Waals surface area contributed by atoms with Crippen LogP contribution in [0.2, 0.25) is 4.34 Å². The molecule has 1 nitrogen and oxygen atoms in total. The molecular weight excluding hydrogens is 282 g/mol. The lowest BCUT2D eigenvalue weighted by molar-refractivity contribution is 0.386. The van der Waals surface area contributed by atoms with E-state index in [1.807, 2.05) is 6.07 Å². The molecule has 0 N–H and O–H groups in total. The molecule has 1 aromatic carbocycles. The predicted octanol–water partition coefficient (Wildman–Crippen LogP) is 4.88. The SMILES string of the molecule is COc1ccc(C(Cl)c2ccc(Cl)s2)cc1F. The fourth-order valence-corrected chi connectivity index (χ4v) is 2.88. The fourth-order valence-electron chi connectivity index (χ4n) is 1.47. The van der Waals surface area contributed by atoms with Crippen LogP contribution in [0.15, 0.2) is 30.3 Å². The average molecular weight is 291 g/mol. The molecule has 0 saturated carbocycles. The molecule has 1 aromatic heterocycles. The highest BCUT2D eigenvalue weighted by Crippen LogP contribution is 2.36. The van der Waals surface area contributed by atoms with Crippen LogP contribution < -0.4 is 4.74 Å². The van der Waals surface area contributed by atoms with Crippen molar-refractivity contribution in [3.63, 3.8) is 0 Å². The highest BCUT2D eigenvalue weighted by atomic mass is 35.5. The summed E-state index contributed by atoms with van der Waals surface area (Å²) in [6.45, 7) is 0. The summed E-state index contributed by atoms with van der Waals surface area (Å²) in [7, 11) is 1.43. The molecule has 0 bridgehead atoms. The van der Waals surface area contributed by atoms with Crippen molar-refractivity contribution in [3.8, 4) is 5.75 Å². The lowest BCUT2D eigenvalue weighted by Gasteiger charge is -2.09. The number of ether oxygens (including phenoxy) is 1. The summed E-state index contributed by atoms with van der Waals surface area (Å²) in [5, 5.41) is -0.395. The molecule has 0 aliphatic rings. The quantitative estimate of drug-likeness (QED) is 0.732. The number of hydrogen-bond donors (Lipinski definition) is 0. The Bertz CT molecular complexity index is 527. The Morgan fingerprint density at radius 3 is 2.59 bits per heavy atom. The van der Waals surface area contributed by atoms with E-state index in [4.69, 9.17) is 27.9 Å². The third kappa shape index (κ3) is 2.73. The maximum absolute atomic E-state index is 13.5. The van der Waals surface area contributed by atoms with Crippen LogP contribution in [0.1, 0.15) is 15.8 Å². The van der Waals surface area contributed by atoms with E-state index in [0.717, 1.165) is 4.88 Å². The second-order valence-electron chi connectivity index (χ2n) is 3.40. The largest absolute Gasteiger partial charge is 0.494 e. The van der Waals surface area contributed by atoms with Crippen LogP contribution >= 0.6 is 34.5 Å². The van der Waals surface area contributed by atoms with Gasteiger partial charge in [0.15, 0.2) is 11.6 Å². The van der Waals surface area contributed by atoms with Crippen LogP contribution in [0.25, 0.3) is 0 Å². The molecule has 0 radical (unpaired) electrons. The maximum atomic E-state index is 13.5. The number of methoxy groups -OCH3 is 1. The monoisotopic (exact) mass is 290 g/mol. The van der Waals surface area contributed by atoms with Crippen LogP contribution in [0, 0.1) is 5.82 Å². The molecule has 0 amide bonds. The van der Waals surface area contributed by atoms with Gasteiger partial charge in [-0.25, -0.2) is 4.39 Å². The number of halogens is 3. The topological polar surface area (TPSA) is 9.23 Å². The molecule has 1 heterocycles. The molecule has 90 valence electrons. The van der Waals surface area contributed by atoms with Crippen molar-refractivity contribution in [3.05, 3.63) is 50.9 Å². The Balaban J connectivity index is 2.31. The van der Waals surface area contributed by atoms with Gasteiger partial charge < -0.3 is 4.74 Å². The first-order valence-electron chi connectivity index (χ1n) is 4.84. The molecular formula is C12H9Cl2FOS. The number of hydrogen-bond acceptors (Lipinski definition) is 2. The van der Waals surface area contributed by atoms with Gasteiger partial charge in [-0.15, -0.1) is 22.9 Å². The average Bonchev–Trinajstić information content (AvgIpc) is 2.75. The van der Waals surface area contributed by atoms with E-state index in [1.165, 1.54) is 24.5 Å². The van der Waals surface area contributed by atoms with Gasteiger partial charge in [0.05, 0.1) is 16.8 Å². The van der Waals surface area contributed by atoms with Gasteiger partial charge in [0.2, 0.25) is 0 Å². The van der Waals surface area contributed by atoms with Gasteiger partial charge in [0, 0.05) is 4.88 Å². The summed E-state index contributed by atoms with van der Waals surface area (Å²) in [4.78, 5) is 0.890. The number of benzene rings is 1. The first-order valence-corrected chi connectivity index (χ1v) is 6.47.